The zero-order chi connectivity index (χ0) is 23.5. The van der Waals surface area contributed by atoms with Gasteiger partial charge in [0.1, 0.15) is 17.3 Å². The normalized spacial score (nSPS) is 13.3. The van der Waals surface area contributed by atoms with E-state index in [9.17, 15) is 14.0 Å². The number of allylic oxidation sites excluding steroid dienone is 1. The fourth-order valence-corrected chi connectivity index (χ4v) is 3.34. The lowest BCUT2D eigenvalue weighted by Crippen LogP contribution is -2.09. The number of benzene rings is 3. The van der Waals surface area contributed by atoms with E-state index in [0.717, 1.165) is 0 Å². The third-order valence-electron chi connectivity index (χ3n) is 4.90. The van der Waals surface area contributed by atoms with Crippen molar-refractivity contribution >= 4 is 17.8 Å². The minimum atomic E-state index is -0.672. The highest BCUT2D eigenvalue weighted by Gasteiger charge is 2.28. The molecule has 3 aromatic rings. The van der Waals surface area contributed by atoms with Gasteiger partial charge < -0.3 is 23.7 Å². The summed E-state index contributed by atoms with van der Waals surface area (Å²) in [6, 6.07) is 13.2. The topological polar surface area (TPSA) is 80.3 Å². The van der Waals surface area contributed by atoms with Gasteiger partial charge in [-0.1, -0.05) is 12.1 Å². The van der Waals surface area contributed by atoms with Gasteiger partial charge >= 0.3 is 5.97 Å². The van der Waals surface area contributed by atoms with Crippen molar-refractivity contribution in [2.24, 2.45) is 0 Å². The Hall–Kier alpha value is -4.33. The summed E-state index contributed by atoms with van der Waals surface area (Å²) < 4.78 is 40.3. The number of fused-ring (bicyclic) bond motifs is 1. The molecule has 3 aromatic carbocycles. The highest BCUT2D eigenvalue weighted by Crippen LogP contribution is 2.39. The quantitative estimate of drug-likeness (QED) is 0.306. The van der Waals surface area contributed by atoms with E-state index in [-0.39, 0.29) is 28.6 Å². The van der Waals surface area contributed by atoms with Gasteiger partial charge in [0.25, 0.3) is 0 Å². The van der Waals surface area contributed by atoms with Crippen molar-refractivity contribution in [2.45, 2.75) is 0 Å². The average molecular weight is 450 g/mol. The van der Waals surface area contributed by atoms with E-state index < -0.39 is 11.8 Å². The Labute approximate surface area is 188 Å². The zero-order valence-electron chi connectivity index (χ0n) is 18.0. The van der Waals surface area contributed by atoms with Crippen LogP contribution in [0.2, 0.25) is 0 Å². The molecule has 0 saturated carbocycles. The van der Waals surface area contributed by atoms with Crippen molar-refractivity contribution in [3.63, 3.8) is 0 Å². The molecule has 0 unspecified atom stereocenters. The number of hydrogen-bond acceptors (Lipinski definition) is 7. The molecule has 1 heterocycles. The van der Waals surface area contributed by atoms with E-state index in [1.807, 2.05) is 0 Å². The van der Waals surface area contributed by atoms with Crippen LogP contribution in [0.25, 0.3) is 6.08 Å². The highest BCUT2D eigenvalue weighted by atomic mass is 19.1. The van der Waals surface area contributed by atoms with Crippen molar-refractivity contribution in [2.75, 3.05) is 21.3 Å². The van der Waals surface area contributed by atoms with E-state index in [4.69, 9.17) is 23.7 Å². The van der Waals surface area contributed by atoms with Gasteiger partial charge in [-0.3, -0.25) is 4.79 Å². The van der Waals surface area contributed by atoms with Gasteiger partial charge in [0.05, 0.1) is 32.5 Å². The van der Waals surface area contributed by atoms with Crippen LogP contribution in [0, 0.1) is 5.82 Å². The van der Waals surface area contributed by atoms with Gasteiger partial charge in [0.2, 0.25) is 11.5 Å². The number of ether oxygens (including phenoxy) is 5. The molecule has 4 rings (SSSR count). The Morgan fingerprint density at radius 2 is 1.67 bits per heavy atom. The van der Waals surface area contributed by atoms with E-state index in [1.165, 1.54) is 75.9 Å². The minimum absolute atomic E-state index is 0.0451. The van der Waals surface area contributed by atoms with Gasteiger partial charge in [-0.25, -0.2) is 9.18 Å². The molecule has 0 saturated heterocycles. The van der Waals surface area contributed by atoms with Crippen LogP contribution in [-0.2, 0) is 0 Å². The number of rotatable bonds is 6. The van der Waals surface area contributed by atoms with E-state index in [2.05, 4.69) is 0 Å². The maximum Gasteiger partial charge on any atom is 0.343 e. The molecule has 7 nitrogen and oxygen atoms in total. The molecule has 1 aliphatic rings. The molecule has 1 aliphatic heterocycles. The van der Waals surface area contributed by atoms with Crippen LogP contribution in [0.5, 0.6) is 28.7 Å². The van der Waals surface area contributed by atoms with Crippen molar-refractivity contribution in [3.8, 4) is 28.7 Å². The average Bonchev–Trinajstić information content (AvgIpc) is 3.12. The number of halogens is 1. The Balaban J connectivity index is 1.57. The molecule has 0 fully saturated rings. The maximum atomic E-state index is 13.4. The van der Waals surface area contributed by atoms with Crippen molar-refractivity contribution < 1.29 is 37.7 Å². The Kier molecular flexibility index (Phi) is 5.99. The standard InChI is InChI=1S/C25H19FO7/c1-29-21-11-15(12-22(30-2)24(21)31-3)25(28)32-17-7-8-18-19(13-17)33-20(23(18)27)10-14-5-4-6-16(26)9-14/h4-13H,1-3H3/b20-10-. The van der Waals surface area contributed by atoms with Crippen LogP contribution >= 0.6 is 0 Å². The van der Waals surface area contributed by atoms with Crippen molar-refractivity contribution in [1.82, 2.24) is 0 Å². The SMILES string of the molecule is COc1cc(C(=O)Oc2ccc3c(c2)O/C(=C\c2cccc(F)c2)C3=O)cc(OC)c1OC. The molecule has 0 bridgehead atoms. The summed E-state index contributed by atoms with van der Waals surface area (Å²) in [5.41, 5.74) is 0.971. The molecule has 0 radical (unpaired) electrons. The molecule has 168 valence electrons. The van der Waals surface area contributed by atoms with Crippen LogP contribution in [0.3, 0.4) is 0 Å². The van der Waals surface area contributed by atoms with Crippen molar-refractivity contribution in [1.29, 1.82) is 0 Å². The molecule has 33 heavy (non-hydrogen) atoms. The highest BCUT2D eigenvalue weighted by molar-refractivity contribution is 6.14. The van der Waals surface area contributed by atoms with Crippen LogP contribution in [0.1, 0.15) is 26.3 Å². The lowest BCUT2D eigenvalue weighted by molar-refractivity contribution is 0.0733. The number of methoxy groups -OCH3 is 3. The third-order valence-corrected chi connectivity index (χ3v) is 4.90. The fraction of sp³-hybridized carbons (Fsp3) is 0.120. The first-order chi connectivity index (χ1) is 15.9. The number of carbonyl (C=O) groups is 2. The fourth-order valence-electron chi connectivity index (χ4n) is 3.34. The van der Waals surface area contributed by atoms with Gasteiger partial charge in [-0.2, -0.15) is 0 Å². The lowest BCUT2D eigenvalue weighted by Gasteiger charge is -2.13. The molecule has 0 aromatic heterocycles. The monoisotopic (exact) mass is 450 g/mol. The van der Waals surface area contributed by atoms with Gasteiger partial charge in [-0.15, -0.1) is 0 Å². The number of hydrogen-bond donors (Lipinski definition) is 0. The minimum Gasteiger partial charge on any atom is -0.493 e. The van der Waals surface area contributed by atoms with Crippen LogP contribution < -0.4 is 23.7 Å². The molecule has 0 atom stereocenters. The van der Waals surface area contributed by atoms with E-state index in [0.29, 0.717) is 28.4 Å². The first kappa shape index (κ1) is 21.9. The zero-order valence-corrected chi connectivity index (χ0v) is 18.0. The first-order valence-electron chi connectivity index (χ1n) is 9.79. The van der Waals surface area contributed by atoms with Crippen LogP contribution in [-0.4, -0.2) is 33.1 Å². The number of Topliss-reactive ketones (excluding diaryl/α,β-unsaturated/α-hetero) is 1. The first-order valence-corrected chi connectivity index (χ1v) is 9.79. The van der Waals surface area contributed by atoms with Gasteiger partial charge in [0.15, 0.2) is 17.3 Å². The molecule has 0 amide bonds. The maximum absolute atomic E-state index is 13.4. The van der Waals surface area contributed by atoms with E-state index in [1.54, 1.807) is 6.07 Å². The number of ketones is 1. The third kappa shape index (κ3) is 4.36. The Bertz CT molecular complexity index is 1250. The summed E-state index contributed by atoms with van der Waals surface area (Å²) in [6.45, 7) is 0. The summed E-state index contributed by atoms with van der Waals surface area (Å²) in [5, 5.41) is 0. The van der Waals surface area contributed by atoms with Gasteiger partial charge in [0, 0.05) is 6.07 Å². The number of carbonyl (C=O) groups excluding carboxylic acids is 2. The summed E-state index contributed by atoms with van der Waals surface area (Å²) >= 11 is 0. The second-order valence-electron chi connectivity index (χ2n) is 6.96. The summed E-state index contributed by atoms with van der Waals surface area (Å²) in [4.78, 5) is 25.3. The molecule has 0 spiro atoms. The predicted molar refractivity (Wildman–Crippen MR) is 117 cm³/mol. The molecular weight excluding hydrogens is 431 g/mol. The molecule has 0 aliphatic carbocycles. The Morgan fingerprint density at radius 3 is 2.30 bits per heavy atom. The summed E-state index contributed by atoms with van der Waals surface area (Å²) in [6.07, 6.45) is 1.45. The smallest absolute Gasteiger partial charge is 0.343 e. The molecular formula is C25H19FO7. The van der Waals surface area contributed by atoms with Crippen LogP contribution in [0.4, 0.5) is 4.39 Å². The summed E-state index contributed by atoms with van der Waals surface area (Å²) in [5.74, 6) is -0.0378. The second kappa shape index (κ2) is 9.04. The summed E-state index contributed by atoms with van der Waals surface area (Å²) in [7, 11) is 4.34. The Morgan fingerprint density at radius 1 is 0.939 bits per heavy atom. The van der Waals surface area contributed by atoms with E-state index >= 15 is 0 Å². The second-order valence-corrected chi connectivity index (χ2v) is 6.96. The largest absolute Gasteiger partial charge is 0.493 e. The molecule has 8 heteroatoms. The predicted octanol–water partition coefficient (Wildman–Crippen LogP) is 4.69. The number of esters is 1. The van der Waals surface area contributed by atoms with Gasteiger partial charge in [-0.05, 0) is 48.0 Å². The lowest BCUT2D eigenvalue weighted by atomic mass is 10.1. The molecule has 0 N–H and O–H groups in total. The van der Waals surface area contributed by atoms with Crippen molar-refractivity contribution in [3.05, 3.63) is 82.9 Å². The van der Waals surface area contributed by atoms with Crippen LogP contribution in [0.15, 0.2) is 60.4 Å².